The molecule has 0 saturated heterocycles. The van der Waals surface area contributed by atoms with Crippen molar-refractivity contribution in [1.82, 2.24) is 15.1 Å². The Balaban J connectivity index is 1.86. The van der Waals surface area contributed by atoms with Crippen molar-refractivity contribution < 1.29 is 14.5 Å². The molecule has 0 saturated carbocycles. The van der Waals surface area contributed by atoms with Gasteiger partial charge in [-0.2, -0.15) is 5.10 Å². The molecule has 0 unspecified atom stereocenters. The van der Waals surface area contributed by atoms with E-state index in [9.17, 15) is 14.9 Å². The Kier molecular flexibility index (Phi) is 5.46. The zero-order chi connectivity index (χ0) is 21.4. The lowest BCUT2D eigenvalue weighted by Crippen LogP contribution is -2.32. The fourth-order valence-corrected chi connectivity index (χ4v) is 4.13. The number of halogens is 2. The van der Waals surface area contributed by atoms with Gasteiger partial charge in [-0.15, -0.1) is 0 Å². The molecular formula is C20H16Cl2N4O4. The largest absolute Gasteiger partial charge is 0.383 e. The summed E-state index contributed by atoms with van der Waals surface area (Å²) in [5.74, 6) is -0.228. The third-order valence-corrected chi connectivity index (χ3v) is 5.55. The van der Waals surface area contributed by atoms with Crippen LogP contribution >= 0.6 is 23.2 Å². The molecule has 1 aliphatic heterocycles. The van der Waals surface area contributed by atoms with Gasteiger partial charge in [0, 0.05) is 41.9 Å². The molecule has 0 bridgehead atoms. The van der Waals surface area contributed by atoms with Gasteiger partial charge in [-0.05, 0) is 35.9 Å². The number of carbonyl (C=O) groups excluding carboxylic acids is 1. The maximum Gasteiger partial charge on any atom is 0.273 e. The number of benzene rings is 2. The second kappa shape index (κ2) is 8.06. The number of rotatable bonds is 6. The van der Waals surface area contributed by atoms with Crippen molar-refractivity contribution in [2.45, 2.75) is 6.04 Å². The minimum atomic E-state index is -0.496. The summed E-state index contributed by atoms with van der Waals surface area (Å²) in [6.45, 7) is 0.678. The van der Waals surface area contributed by atoms with Crippen LogP contribution in [0.3, 0.4) is 0 Å². The number of methoxy groups -OCH3 is 1. The van der Waals surface area contributed by atoms with Crippen LogP contribution in [-0.4, -0.2) is 46.2 Å². The molecule has 0 fully saturated rings. The summed E-state index contributed by atoms with van der Waals surface area (Å²) in [5.41, 5.74) is 2.87. The quantitative estimate of drug-likeness (QED) is 0.444. The number of aromatic nitrogens is 2. The Morgan fingerprint density at radius 3 is 2.60 bits per heavy atom. The van der Waals surface area contributed by atoms with Crippen LogP contribution in [0.4, 0.5) is 5.69 Å². The van der Waals surface area contributed by atoms with Crippen LogP contribution in [0.25, 0.3) is 11.3 Å². The molecule has 30 heavy (non-hydrogen) atoms. The molecule has 2 aromatic carbocycles. The summed E-state index contributed by atoms with van der Waals surface area (Å²) in [4.78, 5) is 25.3. The smallest absolute Gasteiger partial charge is 0.273 e. The Hall–Kier alpha value is -2.94. The normalized spacial score (nSPS) is 15.5. The van der Waals surface area contributed by atoms with E-state index < -0.39 is 11.0 Å². The highest BCUT2D eigenvalue weighted by molar-refractivity contribution is 6.36. The molecule has 1 N–H and O–H groups in total. The van der Waals surface area contributed by atoms with Crippen molar-refractivity contribution in [2.75, 3.05) is 20.3 Å². The molecule has 0 radical (unpaired) electrons. The number of nitrogens with zero attached hydrogens (tertiary/aromatic N) is 3. The molecule has 0 spiro atoms. The summed E-state index contributed by atoms with van der Waals surface area (Å²) in [6, 6.07) is 10.7. The van der Waals surface area contributed by atoms with Crippen LogP contribution in [0.2, 0.25) is 10.0 Å². The third kappa shape index (κ3) is 3.43. The van der Waals surface area contributed by atoms with Crippen LogP contribution in [0, 0.1) is 10.1 Å². The molecule has 10 heteroatoms. The topological polar surface area (TPSA) is 101 Å². The van der Waals surface area contributed by atoms with E-state index in [1.165, 1.54) is 12.1 Å². The number of ether oxygens (including phenoxy) is 1. The van der Waals surface area contributed by atoms with Crippen LogP contribution < -0.4 is 0 Å². The van der Waals surface area contributed by atoms with Gasteiger partial charge in [0.05, 0.1) is 22.6 Å². The number of carbonyl (C=O) groups is 1. The third-order valence-electron chi connectivity index (χ3n) is 5.01. The summed E-state index contributed by atoms with van der Waals surface area (Å²) >= 11 is 12.4. The second-order valence-corrected chi connectivity index (χ2v) is 7.57. The summed E-state index contributed by atoms with van der Waals surface area (Å²) in [7, 11) is 1.56. The number of nitrogens with one attached hydrogen (secondary N) is 1. The van der Waals surface area contributed by atoms with Crippen LogP contribution in [-0.2, 0) is 4.74 Å². The van der Waals surface area contributed by atoms with Crippen LogP contribution in [0.1, 0.15) is 27.7 Å². The second-order valence-electron chi connectivity index (χ2n) is 6.73. The van der Waals surface area contributed by atoms with E-state index in [0.29, 0.717) is 45.7 Å². The fraction of sp³-hybridized carbons (Fsp3) is 0.200. The number of H-pyrrole nitrogens is 1. The van der Waals surface area contributed by atoms with Crippen molar-refractivity contribution in [1.29, 1.82) is 0 Å². The zero-order valence-corrected chi connectivity index (χ0v) is 17.3. The number of hydrogen-bond acceptors (Lipinski definition) is 5. The first kappa shape index (κ1) is 20.3. The number of aromatic amines is 1. The standard InChI is InChI=1S/C20H16Cl2N4O4/c1-30-9-8-25-19(11-2-5-13(6-3-11)26(28)29)16-17(23-24-18(16)20(25)27)14-7-4-12(21)10-15(14)22/h2-7,10,19H,8-9H2,1H3,(H,23,24)/t19-/m0/s1. The van der Waals surface area contributed by atoms with Gasteiger partial charge >= 0.3 is 0 Å². The summed E-state index contributed by atoms with van der Waals surface area (Å²) in [6.07, 6.45) is 0. The van der Waals surface area contributed by atoms with Gasteiger partial charge in [-0.25, -0.2) is 0 Å². The minimum absolute atomic E-state index is 0.0279. The lowest BCUT2D eigenvalue weighted by Gasteiger charge is -2.26. The average molecular weight is 447 g/mol. The Labute approximate surface area is 181 Å². The molecule has 1 aromatic heterocycles. The van der Waals surface area contributed by atoms with Gasteiger partial charge in [-0.1, -0.05) is 23.2 Å². The summed E-state index contributed by atoms with van der Waals surface area (Å²) in [5, 5.41) is 19.1. The molecule has 0 aliphatic carbocycles. The highest BCUT2D eigenvalue weighted by Gasteiger charge is 2.42. The molecule has 1 atom stereocenters. The molecule has 3 aromatic rings. The van der Waals surface area contributed by atoms with Gasteiger partial charge < -0.3 is 9.64 Å². The highest BCUT2D eigenvalue weighted by Crippen LogP contribution is 2.44. The Morgan fingerprint density at radius 1 is 1.23 bits per heavy atom. The van der Waals surface area contributed by atoms with E-state index in [1.807, 2.05) is 0 Å². The van der Waals surface area contributed by atoms with E-state index in [2.05, 4.69) is 10.2 Å². The van der Waals surface area contributed by atoms with Gasteiger partial charge in [0.15, 0.2) is 0 Å². The van der Waals surface area contributed by atoms with E-state index in [4.69, 9.17) is 27.9 Å². The number of non-ortho nitro benzene ring substituents is 1. The number of hydrogen-bond donors (Lipinski definition) is 1. The van der Waals surface area contributed by atoms with Crippen molar-refractivity contribution in [3.05, 3.63) is 79.4 Å². The predicted molar refractivity (Wildman–Crippen MR) is 112 cm³/mol. The van der Waals surface area contributed by atoms with E-state index >= 15 is 0 Å². The molecular weight excluding hydrogens is 431 g/mol. The SMILES string of the molecule is COCCN1C(=O)c2[nH]nc(-c3ccc(Cl)cc3Cl)c2[C@@H]1c1ccc([N+](=O)[O-])cc1. The first-order valence-electron chi connectivity index (χ1n) is 9.00. The Morgan fingerprint density at radius 2 is 1.97 bits per heavy atom. The lowest BCUT2D eigenvalue weighted by molar-refractivity contribution is -0.384. The molecule has 1 aliphatic rings. The van der Waals surface area contributed by atoms with Crippen molar-refractivity contribution in [3.63, 3.8) is 0 Å². The van der Waals surface area contributed by atoms with Crippen molar-refractivity contribution >= 4 is 34.8 Å². The zero-order valence-electron chi connectivity index (χ0n) is 15.8. The van der Waals surface area contributed by atoms with Gasteiger partial charge in [0.2, 0.25) is 0 Å². The van der Waals surface area contributed by atoms with Crippen LogP contribution in [0.5, 0.6) is 0 Å². The molecule has 2 heterocycles. The number of nitro groups is 1. The van der Waals surface area contributed by atoms with Crippen molar-refractivity contribution in [2.24, 2.45) is 0 Å². The first-order valence-corrected chi connectivity index (χ1v) is 9.76. The Bertz CT molecular complexity index is 1130. The lowest BCUT2D eigenvalue weighted by atomic mass is 9.96. The maximum absolute atomic E-state index is 13.1. The summed E-state index contributed by atoms with van der Waals surface area (Å²) < 4.78 is 5.16. The maximum atomic E-state index is 13.1. The number of fused-ring (bicyclic) bond motifs is 1. The first-order chi connectivity index (χ1) is 14.4. The van der Waals surface area contributed by atoms with E-state index in [0.717, 1.165) is 5.56 Å². The van der Waals surface area contributed by atoms with Gasteiger partial charge in [-0.3, -0.25) is 20.0 Å². The minimum Gasteiger partial charge on any atom is -0.383 e. The van der Waals surface area contributed by atoms with Gasteiger partial charge in [0.1, 0.15) is 11.4 Å². The van der Waals surface area contributed by atoms with E-state index in [-0.39, 0.29) is 11.6 Å². The fourth-order valence-electron chi connectivity index (χ4n) is 3.63. The highest BCUT2D eigenvalue weighted by atomic mass is 35.5. The van der Waals surface area contributed by atoms with Crippen molar-refractivity contribution in [3.8, 4) is 11.3 Å². The number of nitro benzene ring substituents is 1. The number of amides is 1. The molecule has 8 nitrogen and oxygen atoms in total. The predicted octanol–water partition coefficient (Wildman–Crippen LogP) is 4.48. The van der Waals surface area contributed by atoms with Crippen LogP contribution in [0.15, 0.2) is 42.5 Å². The monoisotopic (exact) mass is 446 g/mol. The van der Waals surface area contributed by atoms with E-state index in [1.54, 1.807) is 42.3 Å². The molecule has 1 amide bonds. The molecule has 154 valence electrons. The van der Waals surface area contributed by atoms with Gasteiger partial charge in [0.25, 0.3) is 11.6 Å². The molecule has 4 rings (SSSR count). The average Bonchev–Trinajstić information content (AvgIpc) is 3.25.